The Morgan fingerprint density at radius 3 is 2.91 bits per heavy atom. The number of aliphatic hydroxyl groups excluding tert-OH is 1. The van der Waals surface area contributed by atoms with Crippen LogP contribution in [0.3, 0.4) is 0 Å². The van der Waals surface area contributed by atoms with Gasteiger partial charge in [-0.25, -0.2) is 0 Å². The van der Waals surface area contributed by atoms with Gasteiger partial charge in [0.2, 0.25) is 0 Å². The standard InChI is InChI=1S/C6H11N3OS/c1-5-6(9-11-8-5)7-3-2-4-10/h10H,2-4H2,1H3,(H,7,9). The Morgan fingerprint density at radius 2 is 2.36 bits per heavy atom. The smallest absolute Gasteiger partial charge is 0.162 e. The first-order valence-corrected chi connectivity index (χ1v) is 4.21. The lowest BCUT2D eigenvalue weighted by Crippen LogP contribution is -2.04. The fourth-order valence-electron chi connectivity index (χ4n) is 0.678. The van der Waals surface area contributed by atoms with Gasteiger partial charge in [-0.05, 0) is 13.3 Å². The molecule has 62 valence electrons. The minimum atomic E-state index is 0.212. The van der Waals surface area contributed by atoms with Crippen LogP contribution in [-0.4, -0.2) is 27.0 Å². The third-order valence-corrected chi connectivity index (χ3v) is 1.90. The van der Waals surface area contributed by atoms with E-state index in [0.29, 0.717) is 0 Å². The Bertz CT molecular complexity index is 213. The number of hydrogen-bond donors (Lipinski definition) is 2. The molecule has 5 heteroatoms. The Kier molecular flexibility index (Phi) is 3.25. The van der Waals surface area contributed by atoms with Crippen molar-refractivity contribution in [2.24, 2.45) is 0 Å². The van der Waals surface area contributed by atoms with Crippen LogP contribution in [0, 0.1) is 6.92 Å². The maximum absolute atomic E-state index is 8.49. The lowest BCUT2D eigenvalue weighted by molar-refractivity contribution is 0.292. The molecule has 0 bridgehead atoms. The molecular formula is C6H11N3OS. The highest BCUT2D eigenvalue weighted by atomic mass is 32.1. The van der Waals surface area contributed by atoms with Gasteiger partial charge < -0.3 is 10.4 Å². The first-order valence-electron chi connectivity index (χ1n) is 3.48. The minimum Gasteiger partial charge on any atom is -0.396 e. The number of aromatic nitrogens is 2. The summed E-state index contributed by atoms with van der Waals surface area (Å²) >= 11 is 1.20. The SMILES string of the molecule is Cc1nsnc1NCCCO. The fourth-order valence-corrected chi connectivity index (χ4v) is 1.21. The summed E-state index contributed by atoms with van der Waals surface area (Å²) in [5, 5.41) is 11.6. The van der Waals surface area contributed by atoms with Crippen LogP contribution in [0.25, 0.3) is 0 Å². The molecule has 0 unspecified atom stereocenters. The molecule has 0 amide bonds. The van der Waals surface area contributed by atoms with Crippen molar-refractivity contribution in [1.29, 1.82) is 0 Å². The number of nitrogens with one attached hydrogen (secondary N) is 1. The van der Waals surface area contributed by atoms with E-state index in [-0.39, 0.29) is 6.61 Å². The molecule has 2 N–H and O–H groups in total. The van der Waals surface area contributed by atoms with Crippen molar-refractivity contribution in [3.05, 3.63) is 5.69 Å². The van der Waals surface area contributed by atoms with Crippen molar-refractivity contribution in [3.63, 3.8) is 0 Å². The lowest BCUT2D eigenvalue weighted by atomic mass is 10.4. The van der Waals surface area contributed by atoms with E-state index in [2.05, 4.69) is 14.1 Å². The molecule has 0 aliphatic carbocycles. The maximum Gasteiger partial charge on any atom is 0.162 e. The van der Waals surface area contributed by atoms with Gasteiger partial charge in [0.25, 0.3) is 0 Å². The molecule has 4 nitrogen and oxygen atoms in total. The summed E-state index contributed by atoms with van der Waals surface area (Å²) in [6, 6.07) is 0. The van der Waals surface area contributed by atoms with Crippen LogP contribution in [0.15, 0.2) is 0 Å². The summed E-state index contributed by atoms with van der Waals surface area (Å²) < 4.78 is 8.03. The second-order valence-corrected chi connectivity index (χ2v) is 2.73. The van der Waals surface area contributed by atoms with Crippen molar-refractivity contribution >= 4 is 17.5 Å². The topological polar surface area (TPSA) is 58.0 Å². The first kappa shape index (κ1) is 8.42. The van der Waals surface area contributed by atoms with Gasteiger partial charge in [0.05, 0.1) is 17.4 Å². The van der Waals surface area contributed by atoms with Gasteiger partial charge in [-0.15, -0.1) is 0 Å². The Balaban J connectivity index is 2.32. The molecular weight excluding hydrogens is 162 g/mol. The maximum atomic E-state index is 8.49. The van der Waals surface area contributed by atoms with Crippen molar-refractivity contribution in [2.75, 3.05) is 18.5 Å². The fraction of sp³-hybridized carbons (Fsp3) is 0.667. The highest BCUT2D eigenvalue weighted by Gasteiger charge is 1.99. The Hall–Kier alpha value is -0.680. The summed E-state index contributed by atoms with van der Waals surface area (Å²) in [7, 11) is 0. The zero-order valence-electron chi connectivity index (χ0n) is 6.37. The van der Waals surface area contributed by atoms with Crippen LogP contribution >= 0.6 is 11.7 Å². The number of anilines is 1. The van der Waals surface area contributed by atoms with E-state index >= 15 is 0 Å². The molecule has 11 heavy (non-hydrogen) atoms. The van der Waals surface area contributed by atoms with Crippen LogP contribution in [0.2, 0.25) is 0 Å². The van der Waals surface area contributed by atoms with E-state index in [1.54, 1.807) is 0 Å². The zero-order chi connectivity index (χ0) is 8.10. The van der Waals surface area contributed by atoms with Gasteiger partial charge in [0.15, 0.2) is 5.82 Å². The van der Waals surface area contributed by atoms with E-state index in [1.165, 1.54) is 11.7 Å². The van der Waals surface area contributed by atoms with E-state index in [0.717, 1.165) is 24.5 Å². The van der Waals surface area contributed by atoms with E-state index < -0.39 is 0 Å². The van der Waals surface area contributed by atoms with Crippen LogP contribution < -0.4 is 5.32 Å². The van der Waals surface area contributed by atoms with Crippen molar-refractivity contribution in [1.82, 2.24) is 8.75 Å². The molecule has 1 rings (SSSR count). The molecule has 1 aromatic rings. The number of nitrogens with zero attached hydrogens (tertiary/aromatic N) is 2. The number of rotatable bonds is 4. The number of aliphatic hydroxyl groups is 1. The average Bonchev–Trinajstić information content (AvgIpc) is 2.37. The average molecular weight is 173 g/mol. The van der Waals surface area contributed by atoms with E-state index in [1.807, 2.05) is 6.92 Å². The molecule has 1 aromatic heterocycles. The van der Waals surface area contributed by atoms with Gasteiger partial charge in [0.1, 0.15) is 0 Å². The monoisotopic (exact) mass is 173 g/mol. The first-order chi connectivity index (χ1) is 5.34. The van der Waals surface area contributed by atoms with E-state index in [9.17, 15) is 0 Å². The summed E-state index contributed by atoms with van der Waals surface area (Å²) in [5.41, 5.74) is 0.924. The van der Waals surface area contributed by atoms with Gasteiger partial charge in [-0.2, -0.15) is 8.75 Å². The van der Waals surface area contributed by atoms with Crippen LogP contribution in [0.1, 0.15) is 12.1 Å². The zero-order valence-corrected chi connectivity index (χ0v) is 7.19. The number of aryl methyl sites for hydroxylation is 1. The van der Waals surface area contributed by atoms with Crippen LogP contribution in [0.5, 0.6) is 0 Å². The Labute approximate surface area is 69.6 Å². The third kappa shape index (κ3) is 2.44. The molecule has 0 saturated heterocycles. The normalized spacial score (nSPS) is 10.0. The van der Waals surface area contributed by atoms with Gasteiger partial charge >= 0.3 is 0 Å². The van der Waals surface area contributed by atoms with Gasteiger partial charge in [-0.1, -0.05) is 0 Å². The van der Waals surface area contributed by atoms with Crippen molar-refractivity contribution < 1.29 is 5.11 Å². The molecule has 0 saturated carbocycles. The molecule has 0 spiro atoms. The van der Waals surface area contributed by atoms with Gasteiger partial charge in [0, 0.05) is 13.2 Å². The molecule has 1 heterocycles. The summed E-state index contributed by atoms with van der Waals surface area (Å²) in [6.07, 6.45) is 0.747. The second-order valence-electron chi connectivity index (χ2n) is 2.20. The highest BCUT2D eigenvalue weighted by Crippen LogP contribution is 2.09. The van der Waals surface area contributed by atoms with Crippen molar-refractivity contribution in [2.45, 2.75) is 13.3 Å². The molecule has 0 radical (unpaired) electrons. The molecule has 0 atom stereocenters. The van der Waals surface area contributed by atoms with Crippen LogP contribution in [0.4, 0.5) is 5.82 Å². The largest absolute Gasteiger partial charge is 0.396 e. The predicted octanol–water partition coefficient (Wildman–Crippen LogP) is 0.641. The molecule has 0 fully saturated rings. The number of hydrogen-bond acceptors (Lipinski definition) is 5. The van der Waals surface area contributed by atoms with E-state index in [4.69, 9.17) is 5.11 Å². The third-order valence-electron chi connectivity index (χ3n) is 1.28. The van der Waals surface area contributed by atoms with Crippen molar-refractivity contribution in [3.8, 4) is 0 Å². The lowest BCUT2D eigenvalue weighted by Gasteiger charge is -1.99. The summed E-state index contributed by atoms with van der Waals surface area (Å²) in [4.78, 5) is 0. The summed E-state index contributed by atoms with van der Waals surface area (Å²) in [6.45, 7) is 2.87. The quantitative estimate of drug-likeness (QED) is 0.656. The molecule has 0 aliphatic heterocycles. The highest BCUT2D eigenvalue weighted by molar-refractivity contribution is 6.99. The molecule has 0 aromatic carbocycles. The summed E-state index contributed by atoms with van der Waals surface area (Å²) in [5.74, 6) is 0.837. The van der Waals surface area contributed by atoms with Crippen LogP contribution in [-0.2, 0) is 0 Å². The minimum absolute atomic E-state index is 0.212. The predicted molar refractivity (Wildman–Crippen MR) is 44.8 cm³/mol. The second kappa shape index (κ2) is 4.25. The van der Waals surface area contributed by atoms with Gasteiger partial charge in [-0.3, -0.25) is 0 Å². The Morgan fingerprint density at radius 1 is 1.55 bits per heavy atom. The molecule has 0 aliphatic rings.